The number of hydrogen-bond acceptors (Lipinski definition) is 2. The van der Waals surface area contributed by atoms with Gasteiger partial charge in [-0.15, -0.1) is 0 Å². The molecular weight excluding hydrogens is 214 g/mol. The van der Waals surface area contributed by atoms with Crippen molar-refractivity contribution >= 4 is 5.91 Å². The summed E-state index contributed by atoms with van der Waals surface area (Å²) in [6.07, 6.45) is 1.74. The molecule has 1 aromatic heterocycles. The molecule has 0 saturated heterocycles. The number of aromatic nitrogens is 2. The predicted octanol–water partition coefficient (Wildman–Crippen LogP) is 2.02. The maximum Gasteiger partial charge on any atom is 0.217 e. The van der Waals surface area contributed by atoms with Crippen LogP contribution in [0.5, 0.6) is 0 Å². The summed E-state index contributed by atoms with van der Waals surface area (Å²) < 4.78 is 0. The quantitative estimate of drug-likeness (QED) is 0.846. The van der Waals surface area contributed by atoms with E-state index in [1.807, 2.05) is 12.1 Å². The lowest BCUT2D eigenvalue weighted by Crippen LogP contribution is -2.18. The molecule has 4 nitrogen and oxygen atoms in total. The van der Waals surface area contributed by atoms with E-state index < -0.39 is 0 Å². The van der Waals surface area contributed by atoms with Crippen molar-refractivity contribution < 1.29 is 4.79 Å². The van der Waals surface area contributed by atoms with Crippen LogP contribution in [0.25, 0.3) is 11.3 Å². The fourth-order valence-electron chi connectivity index (χ4n) is 1.63. The van der Waals surface area contributed by atoms with Crippen molar-refractivity contribution in [2.24, 2.45) is 0 Å². The highest BCUT2D eigenvalue weighted by Crippen LogP contribution is 2.21. The number of H-pyrrole nitrogens is 1. The Kier molecular flexibility index (Phi) is 3.23. The second-order valence-electron chi connectivity index (χ2n) is 4.05. The second-order valence-corrected chi connectivity index (χ2v) is 4.05. The molecule has 2 aromatic rings. The first kappa shape index (κ1) is 11.4. The topological polar surface area (TPSA) is 57.8 Å². The van der Waals surface area contributed by atoms with Crippen molar-refractivity contribution in [1.29, 1.82) is 0 Å². The van der Waals surface area contributed by atoms with Crippen molar-refractivity contribution in [2.45, 2.75) is 20.4 Å². The third kappa shape index (κ3) is 2.72. The van der Waals surface area contributed by atoms with E-state index in [1.165, 1.54) is 12.5 Å². The van der Waals surface area contributed by atoms with Crippen LogP contribution >= 0.6 is 0 Å². The molecule has 0 atom stereocenters. The Balaban J connectivity index is 2.24. The maximum atomic E-state index is 10.9. The lowest BCUT2D eigenvalue weighted by Gasteiger charge is -2.04. The highest BCUT2D eigenvalue weighted by Gasteiger charge is 2.07. The SMILES string of the molecule is CC(=O)NCc1cn[nH]c1-c1ccc(C)cc1. The number of rotatable bonds is 3. The molecule has 0 bridgehead atoms. The van der Waals surface area contributed by atoms with Crippen molar-refractivity contribution in [3.8, 4) is 11.3 Å². The maximum absolute atomic E-state index is 10.9. The zero-order valence-electron chi connectivity index (χ0n) is 9.95. The van der Waals surface area contributed by atoms with Crippen molar-refractivity contribution in [3.63, 3.8) is 0 Å². The van der Waals surface area contributed by atoms with Gasteiger partial charge in [-0.1, -0.05) is 29.8 Å². The smallest absolute Gasteiger partial charge is 0.217 e. The molecule has 0 aliphatic rings. The molecule has 0 radical (unpaired) electrons. The molecule has 1 aromatic carbocycles. The summed E-state index contributed by atoms with van der Waals surface area (Å²) in [6.45, 7) is 4.05. The molecule has 0 aliphatic heterocycles. The number of aryl methyl sites for hydroxylation is 1. The van der Waals surface area contributed by atoms with E-state index in [0.717, 1.165) is 16.8 Å². The van der Waals surface area contributed by atoms with Gasteiger partial charge in [0.05, 0.1) is 11.9 Å². The fourth-order valence-corrected chi connectivity index (χ4v) is 1.63. The first-order valence-electron chi connectivity index (χ1n) is 5.50. The Morgan fingerprint density at radius 1 is 1.35 bits per heavy atom. The molecule has 0 fully saturated rings. The number of nitrogens with zero attached hydrogens (tertiary/aromatic N) is 1. The van der Waals surface area contributed by atoms with Crippen LogP contribution in [0, 0.1) is 6.92 Å². The third-order valence-corrected chi connectivity index (χ3v) is 2.59. The monoisotopic (exact) mass is 229 g/mol. The largest absolute Gasteiger partial charge is 0.352 e. The summed E-state index contributed by atoms with van der Waals surface area (Å²) in [5.41, 5.74) is 4.24. The normalized spacial score (nSPS) is 10.2. The van der Waals surface area contributed by atoms with E-state index in [0.29, 0.717) is 6.54 Å². The van der Waals surface area contributed by atoms with E-state index in [2.05, 4.69) is 34.6 Å². The molecule has 88 valence electrons. The van der Waals surface area contributed by atoms with Gasteiger partial charge in [0.25, 0.3) is 0 Å². The average Bonchev–Trinajstić information content (AvgIpc) is 2.75. The van der Waals surface area contributed by atoms with Gasteiger partial charge in [0.2, 0.25) is 5.91 Å². The Labute approximate surface area is 100 Å². The minimum atomic E-state index is -0.0407. The predicted molar refractivity (Wildman–Crippen MR) is 66.3 cm³/mol. The van der Waals surface area contributed by atoms with E-state index in [9.17, 15) is 4.79 Å². The number of hydrogen-bond donors (Lipinski definition) is 2. The number of nitrogens with one attached hydrogen (secondary N) is 2. The minimum absolute atomic E-state index is 0.0407. The molecular formula is C13H15N3O. The van der Waals surface area contributed by atoms with Crippen LogP contribution in [0.15, 0.2) is 30.5 Å². The molecule has 0 saturated carbocycles. The van der Waals surface area contributed by atoms with Crippen LogP contribution in [-0.4, -0.2) is 16.1 Å². The van der Waals surface area contributed by atoms with Crippen LogP contribution in [0.1, 0.15) is 18.1 Å². The lowest BCUT2D eigenvalue weighted by atomic mass is 10.1. The number of benzene rings is 1. The van der Waals surface area contributed by atoms with Gasteiger partial charge >= 0.3 is 0 Å². The van der Waals surface area contributed by atoms with Gasteiger partial charge < -0.3 is 5.32 Å². The zero-order valence-corrected chi connectivity index (χ0v) is 9.95. The van der Waals surface area contributed by atoms with Crippen LogP contribution in [-0.2, 0) is 11.3 Å². The molecule has 1 amide bonds. The zero-order chi connectivity index (χ0) is 12.3. The molecule has 0 spiro atoms. The summed E-state index contributed by atoms with van der Waals surface area (Å²) in [5, 5.41) is 9.76. The van der Waals surface area contributed by atoms with Crippen molar-refractivity contribution in [2.75, 3.05) is 0 Å². The molecule has 4 heteroatoms. The second kappa shape index (κ2) is 4.82. The Morgan fingerprint density at radius 2 is 2.06 bits per heavy atom. The highest BCUT2D eigenvalue weighted by atomic mass is 16.1. The molecule has 0 unspecified atom stereocenters. The minimum Gasteiger partial charge on any atom is -0.352 e. The third-order valence-electron chi connectivity index (χ3n) is 2.59. The van der Waals surface area contributed by atoms with E-state index in [4.69, 9.17) is 0 Å². The van der Waals surface area contributed by atoms with Crippen LogP contribution in [0.2, 0.25) is 0 Å². The molecule has 17 heavy (non-hydrogen) atoms. The molecule has 0 aliphatic carbocycles. The average molecular weight is 229 g/mol. The summed E-state index contributed by atoms with van der Waals surface area (Å²) >= 11 is 0. The van der Waals surface area contributed by atoms with E-state index in [1.54, 1.807) is 6.20 Å². The molecule has 2 N–H and O–H groups in total. The Bertz CT molecular complexity index is 514. The van der Waals surface area contributed by atoms with Gasteiger partial charge in [-0.2, -0.15) is 5.10 Å². The van der Waals surface area contributed by atoms with Crippen LogP contribution in [0.4, 0.5) is 0 Å². The van der Waals surface area contributed by atoms with Crippen LogP contribution < -0.4 is 5.32 Å². The summed E-state index contributed by atoms with van der Waals surface area (Å²) in [6, 6.07) is 8.19. The lowest BCUT2D eigenvalue weighted by molar-refractivity contribution is -0.119. The summed E-state index contributed by atoms with van der Waals surface area (Å²) in [7, 11) is 0. The summed E-state index contributed by atoms with van der Waals surface area (Å²) in [5.74, 6) is -0.0407. The first-order valence-corrected chi connectivity index (χ1v) is 5.50. The van der Waals surface area contributed by atoms with Gasteiger partial charge in [0.15, 0.2) is 0 Å². The van der Waals surface area contributed by atoms with Gasteiger partial charge in [-0.05, 0) is 12.5 Å². The number of carbonyl (C=O) groups is 1. The van der Waals surface area contributed by atoms with E-state index in [-0.39, 0.29) is 5.91 Å². The van der Waals surface area contributed by atoms with E-state index >= 15 is 0 Å². The number of amides is 1. The Hall–Kier alpha value is -2.10. The number of carbonyl (C=O) groups excluding carboxylic acids is 1. The number of aromatic amines is 1. The van der Waals surface area contributed by atoms with Crippen molar-refractivity contribution in [1.82, 2.24) is 15.5 Å². The first-order chi connectivity index (χ1) is 8.16. The molecule has 2 rings (SSSR count). The molecule has 1 heterocycles. The van der Waals surface area contributed by atoms with Crippen LogP contribution in [0.3, 0.4) is 0 Å². The van der Waals surface area contributed by atoms with Gasteiger partial charge in [0, 0.05) is 19.0 Å². The highest BCUT2D eigenvalue weighted by molar-refractivity contribution is 5.73. The standard InChI is InChI=1S/C13H15N3O/c1-9-3-5-11(6-4-9)13-12(8-15-16-13)7-14-10(2)17/h3-6,8H,7H2,1-2H3,(H,14,17)(H,15,16). The Morgan fingerprint density at radius 3 is 2.71 bits per heavy atom. The van der Waals surface area contributed by atoms with Gasteiger partial charge in [0.1, 0.15) is 0 Å². The fraction of sp³-hybridized carbons (Fsp3) is 0.231. The summed E-state index contributed by atoms with van der Waals surface area (Å²) in [4.78, 5) is 10.9. The van der Waals surface area contributed by atoms with Crippen molar-refractivity contribution in [3.05, 3.63) is 41.6 Å². The van der Waals surface area contributed by atoms with Gasteiger partial charge in [-0.3, -0.25) is 9.89 Å². The van der Waals surface area contributed by atoms with Gasteiger partial charge in [-0.25, -0.2) is 0 Å².